The molecule has 1 saturated heterocycles. The van der Waals surface area contributed by atoms with Gasteiger partial charge in [-0.2, -0.15) is 0 Å². The minimum Gasteiger partial charge on any atom is -0.337 e. The number of amides is 1. The van der Waals surface area contributed by atoms with Gasteiger partial charge in [-0.25, -0.2) is 0 Å². The van der Waals surface area contributed by atoms with Crippen LogP contribution in [-0.4, -0.2) is 36.5 Å². The molecule has 0 aromatic rings. The fourth-order valence-corrected chi connectivity index (χ4v) is 2.15. The highest BCUT2D eigenvalue weighted by Crippen LogP contribution is 2.37. The predicted octanol–water partition coefficient (Wildman–Crippen LogP) is 0.853. The van der Waals surface area contributed by atoms with E-state index in [0.717, 1.165) is 19.6 Å². The number of carbonyl (C=O) groups excluding carboxylic acids is 1. The molecule has 0 spiro atoms. The molecule has 1 saturated carbocycles. The maximum Gasteiger partial charge on any atom is 0.226 e. The zero-order valence-corrected chi connectivity index (χ0v) is 9.12. The second-order valence-electron chi connectivity index (χ2n) is 4.56. The van der Waals surface area contributed by atoms with Gasteiger partial charge in [-0.05, 0) is 25.7 Å². The van der Waals surface area contributed by atoms with E-state index in [1.165, 1.54) is 12.8 Å². The SMILES string of the molecule is CCN(C(=O)C(C)C1CC1)C1CNC1. The third kappa shape index (κ3) is 1.78. The van der Waals surface area contributed by atoms with Crippen molar-refractivity contribution in [2.45, 2.75) is 32.7 Å². The Morgan fingerprint density at radius 3 is 2.50 bits per heavy atom. The Labute approximate surface area is 85.8 Å². The monoisotopic (exact) mass is 196 g/mol. The van der Waals surface area contributed by atoms with Crippen LogP contribution in [0.15, 0.2) is 0 Å². The molecule has 1 N–H and O–H groups in total. The molecule has 2 rings (SSSR count). The molecule has 3 nitrogen and oxygen atoms in total. The molecule has 0 radical (unpaired) electrons. The van der Waals surface area contributed by atoms with Crippen molar-refractivity contribution in [1.82, 2.24) is 10.2 Å². The molecule has 80 valence electrons. The van der Waals surface area contributed by atoms with Crippen molar-refractivity contribution >= 4 is 5.91 Å². The Kier molecular flexibility index (Phi) is 2.77. The van der Waals surface area contributed by atoms with Crippen molar-refractivity contribution in [3.8, 4) is 0 Å². The molecule has 0 bridgehead atoms. The van der Waals surface area contributed by atoms with Crippen molar-refractivity contribution in [1.29, 1.82) is 0 Å². The molecule has 2 fully saturated rings. The number of nitrogens with zero attached hydrogens (tertiary/aromatic N) is 1. The highest BCUT2D eigenvalue weighted by atomic mass is 16.2. The van der Waals surface area contributed by atoms with Gasteiger partial charge in [-0.15, -0.1) is 0 Å². The third-order valence-electron chi connectivity index (χ3n) is 3.54. The quantitative estimate of drug-likeness (QED) is 0.723. The van der Waals surface area contributed by atoms with Gasteiger partial charge in [0.25, 0.3) is 0 Å². The zero-order valence-electron chi connectivity index (χ0n) is 9.12. The summed E-state index contributed by atoms with van der Waals surface area (Å²) < 4.78 is 0. The van der Waals surface area contributed by atoms with Crippen LogP contribution in [0.3, 0.4) is 0 Å². The van der Waals surface area contributed by atoms with Gasteiger partial charge in [0.15, 0.2) is 0 Å². The van der Waals surface area contributed by atoms with Crippen LogP contribution in [0.4, 0.5) is 0 Å². The summed E-state index contributed by atoms with van der Waals surface area (Å²) >= 11 is 0. The van der Waals surface area contributed by atoms with E-state index in [2.05, 4.69) is 24.1 Å². The highest BCUT2D eigenvalue weighted by molar-refractivity contribution is 5.79. The molecule has 1 heterocycles. The molecule has 14 heavy (non-hydrogen) atoms. The van der Waals surface area contributed by atoms with Gasteiger partial charge in [0.05, 0.1) is 6.04 Å². The highest BCUT2D eigenvalue weighted by Gasteiger charge is 2.37. The first kappa shape index (κ1) is 9.97. The molecule has 1 aliphatic heterocycles. The molecule has 3 heteroatoms. The summed E-state index contributed by atoms with van der Waals surface area (Å²) in [6, 6.07) is 0.466. The smallest absolute Gasteiger partial charge is 0.226 e. The number of nitrogens with one attached hydrogen (secondary N) is 1. The first-order valence-corrected chi connectivity index (χ1v) is 5.75. The van der Waals surface area contributed by atoms with Gasteiger partial charge >= 0.3 is 0 Å². The standard InChI is InChI=1S/C11H20N2O/c1-3-13(10-6-12-7-10)11(14)8(2)9-4-5-9/h8-10,12H,3-7H2,1-2H3. The summed E-state index contributed by atoms with van der Waals surface area (Å²) in [5.41, 5.74) is 0. The lowest BCUT2D eigenvalue weighted by atomic mass is 10.0. The number of hydrogen-bond donors (Lipinski definition) is 1. The van der Waals surface area contributed by atoms with Crippen LogP contribution >= 0.6 is 0 Å². The minimum absolute atomic E-state index is 0.260. The summed E-state index contributed by atoms with van der Waals surface area (Å²) in [6.45, 7) is 7.00. The summed E-state index contributed by atoms with van der Waals surface area (Å²) in [4.78, 5) is 14.1. The van der Waals surface area contributed by atoms with E-state index < -0.39 is 0 Å². The maximum atomic E-state index is 12.1. The van der Waals surface area contributed by atoms with Gasteiger partial charge in [0, 0.05) is 25.6 Å². The molecular weight excluding hydrogens is 176 g/mol. The third-order valence-corrected chi connectivity index (χ3v) is 3.54. The van der Waals surface area contributed by atoms with Crippen LogP contribution in [-0.2, 0) is 4.79 Å². The minimum atomic E-state index is 0.260. The molecule has 1 amide bonds. The lowest BCUT2D eigenvalue weighted by molar-refractivity contribution is -0.138. The lowest BCUT2D eigenvalue weighted by Crippen LogP contribution is -2.59. The summed E-state index contributed by atoms with van der Waals surface area (Å²) in [5.74, 6) is 1.32. The molecular formula is C11H20N2O. The Morgan fingerprint density at radius 2 is 2.14 bits per heavy atom. The maximum absolute atomic E-state index is 12.1. The first-order chi connectivity index (χ1) is 6.74. The summed E-state index contributed by atoms with van der Waals surface area (Å²) in [6.07, 6.45) is 2.51. The summed E-state index contributed by atoms with van der Waals surface area (Å²) in [5, 5.41) is 3.22. The van der Waals surface area contributed by atoms with E-state index in [1.54, 1.807) is 0 Å². The fraction of sp³-hybridized carbons (Fsp3) is 0.909. The van der Waals surface area contributed by atoms with Gasteiger partial charge in [0.1, 0.15) is 0 Å². The average molecular weight is 196 g/mol. The van der Waals surface area contributed by atoms with Gasteiger partial charge < -0.3 is 10.2 Å². The molecule has 1 atom stereocenters. The van der Waals surface area contributed by atoms with Crippen LogP contribution in [0.25, 0.3) is 0 Å². The molecule has 0 aromatic carbocycles. The van der Waals surface area contributed by atoms with E-state index >= 15 is 0 Å². The average Bonchev–Trinajstić information content (AvgIpc) is 2.91. The van der Waals surface area contributed by atoms with Crippen LogP contribution in [0, 0.1) is 11.8 Å². The molecule has 1 unspecified atom stereocenters. The Balaban J connectivity index is 1.91. The Bertz CT molecular complexity index is 221. The van der Waals surface area contributed by atoms with Crippen LogP contribution < -0.4 is 5.32 Å². The summed E-state index contributed by atoms with van der Waals surface area (Å²) in [7, 11) is 0. The van der Waals surface area contributed by atoms with Crippen molar-refractivity contribution in [3.05, 3.63) is 0 Å². The van der Waals surface area contributed by atoms with Crippen molar-refractivity contribution in [2.75, 3.05) is 19.6 Å². The molecule has 0 aromatic heterocycles. The normalized spacial score (nSPS) is 24.1. The van der Waals surface area contributed by atoms with Crippen LogP contribution in [0.2, 0.25) is 0 Å². The van der Waals surface area contributed by atoms with Crippen molar-refractivity contribution in [2.24, 2.45) is 11.8 Å². The number of hydrogen-bond acceptors (Lipinski definition) is 2. The van der Waals surface area contributed by atoms with Crippen LogP contribution in [0.1, 0.15) is 26.7 Å². The van der Waals surface area contributed by atoms with Crippen molar-refractivity contribution in [3.63, 3.8) is 0 Å². The van der Waals surface area contributed by atoms with Gasteiger partial charge in [0.2, 0.25) is 5.91 Å². The Hall–Kier alpha value is -0.570. The molecule has 2 aliphatic rings. The Morgan fingerprint density at radius 1 is 1.50 bits per heavy atom. The van der Waals surface area contributed by atoms with Gasteiger partial charge in [-0.1, -0.05) is 6.92 Å². The van der Waals surface area contributed by atoms with E-state index in [4.69, 9.17) is 0 Å². The zero-order chi connectivity index (χ0) is 10.1. The number of rotatable bonds is 4. The number of carbonyl (C=O) groups is 1. The van der Waals surface area contributed by atoms with E-state index in [0.29, 0.717) is 17.9 Å². The van der Waals surface area contributed by atoms with Gasteiger partial charge in [-0.3, -0.25) is 4.79 Å². The second kappa shape index (κ2) is 3.89. The predicted molar refractivity (Wildman–Crippen MR) is 55.9 cm³/mol. The van der Waals surface area contributed by atoms with E-state index in [9.17, 15) is 4.79 Å². The number of likely N-dealkylation sites (N-methyl/N-ethyl adjacent to an activating group) is 1. The topological polar surface area (TPSA) is 32.3 Å². The fourth-order valence-electron chi connectivity index (χ4n) is 2.15. The largest absolute Gasteiger partial charge is 0.337 e. The van der Waals surface area contributed by atoms with Crippen molar-refractivity contribution < 1.29 is 4.79 Å². The van der Waals surface area contributed by atoms with E-state index in [-0.39, 0.29) is 5.92 Å². The molecule has 1 aliphatic carbocycles. The van der Waals surface area contributed by atoms with Crippen LogP contribution in [0.5, 0.6) is 0 Å². The first-order valence-electron chi connectivity index (χ1n) is 5.75. The lowest BCUT2D eigenvalue weighted by Gasteiger charge is -2.39. The second-order valence-corrected chi connectivity index (χ2v) is 4.56. The van der Waals surface area contributed by atoms with E-state index in [1.807, 2.05) is 0 Å².